The Kier molecular flexibility index (Phi) is 4.50. The fraction of sp³-hybridized carbons (Fsp3) is 0.727. The largest absolute Gasteiger partial charge is 0.453 e. The second-order valence-corrected chi connectivity index (χ2v) is 3.70. The number of rotatable bonds is 6. The van der Waals surface area contributed by atoms with E-state index in [0.717, 1.165) is 18.2 Å². The van der Waals surface area contributed by atoms with Gasteiger partial charge in [0, 0.05) is 6.92 Å². The molecule has 1 heterocycles. The van der Waals surface area contributed by atoms with E-state index < -0.39 is 0 Å². The minimum absolute atomic E-state index is 0.860. The molecule has 0 saturated carbocycles. The van der Waals surface area contributed by atoms with Gasteiger partial charge in [0.1, 0.15) is 11.9 Å². The van der Waals surface area contributed by atoms with Gasteiger partial charge < -0.3 is 4.74 Å². The normalized spacial score (nSPS) is 10.5. The molecule has 0 aliphatic heterocycles. The number of methoxy groups -OCH3 is 1. The molecule has 0 radical (unpaired) electrons. The summed E-state index contributed by atoms with van der Waals surface area (Å²) < 4.78 is 7.37. The first-order valence-corrected chi connectivity index (χ1v) is 5.41. The van der Waals surface area contributed by atoms with Gasteiger partial charge in [-0.2, -0.15) is 4.57 Å². The van der Waals surface area contributed by atoms with Crippen LogP contribution in [-0.2, 0) is 6.54 Å². The van der Waals surface area contributed by atoms with Crippen LogP contribution in [0.3, 0.4) is 0 Å². The third kappa shape index (κ3) is 3.05. The van der Waals surface area contributed by atoms with E-state index in [1.165, 1.54) is 25.7 Å². The number of H-pyrrole nitrogens is 1. The first-order chi connectivity index (χ1) is 6.77. The van der Waals surface area contributed by atoms with Crippen molar-refractivity contribution in [2.75, 3.05) is 7.11 Å². The maximum atomic E-state index is 5.23. The predicted molar refractivity (Wildman–Crippen MR) is 56.4 cm³/mol. The molecule has 0 saturated heterocycles. The van der Waals surface area contributed by atoms with Crippen LogP contribution in [0.5, 0.6) is 6.01 Å². The van der Waals surface area contributed by atoms with Crippen LogP contribution < -0.4 is 9.30 Å². The van der Waals surface area contributed by atoms with Crippen LogP contribution in [0.1, 0.15) is 38.3 Å². The molecule has 0 aliphatic rings. The summed E-state index contributed by atoms with van der Waals surface area (Å²) >= 11 is 0. The van der Waals surface area contributed by atoms with Crippen molar-refractivity contribution in [3.05, 3.63) is 11.9 Å². The van der Waals surface area contributed by atoms with E-state index >= 15 is 0 Å². The smallest absolute Gasteiger partial charge is 0.434 e. The average Bonchev–Trinajstić information content (AvgIpc) is 2.54. The zero-order chi connectivity index (χ0) is 10.4. The minimum atomic E-state index is 0.860. The van der Waals surface area contributed by atoms with E-state index in [9.17, 15) is 0 Å². The van der Waals surface area contributed by atoms with Gasteiger partial charge in [-0.15, -0.1) is 0 Å². The van der Waals surface area contributed by atoms with Gasteiger partial charge in [0.2, 0.25) is 0 Å². The summed E-state index contributed by atoms with van der Waals surface area (Å²) in [5.74, 6) is 0. The van der Waals surface area contributed by atoms with Crippen molar-refractivity contribution in [3.8, 4) is 6.01 Å². The standard InChI is InChI=1S/C11H20N2O/c1-4-5-6-7-8-13-9-10(2)12-11(13)14-3/h9H,4-8H2,1-3H3/p+1. The Bertz CT molecular complexity index is 268. The molecule has 0 aliphatic carbocycles. The van der Waals surface area contributed by atoms with E-state index in [2.05, 4.69) is 22.7 Å². The monoisotopic (exact) mass is 197 g/mol. The zero-order valence-electron chi connectivity index (χ0n) is 9.47. The molecule has 1 aromatic heterocycles. The second-order valence-electron chi connectivity index (χ2n) is 3.70. The number of aromatic nitrogens is 2. The second kappa shape index (κ2) is 5.68. The van der Waals surface area contributed by atoms with E-state index in [1.54, 1.807) is 7.11 Å². The molecule has 1 aromatic rings. The van der Waals surface area contributed by atoms with Crippen molar-refractivity contribution >= 4 is 0 Å². The highest BCUT2D eigenvalue weighted by atomic mass is 16.5. The van der Waals surface area contributed by atoms with Crippen molar-refractivity contribution in [2.45, 2.75) is 46.1 Å². The molecule has 0 amide bonds. The van der Waals surface area contributed by atoms with Crippen molar-refractivity contribution in [1.29, 1.82) is 0 Å². The molecule has 0 atom stereocenters. The number of hydrogen-bond donors (Lipinski definition) is 1. The van der Waals surface area contributed by atoms with Gasteiger partial charge in [-0.25, -0.2) is 4.98 Å². The predicted octanol–water partition coefficient (Wildman–Crippen LogP) is 2.20. The SMILES string of the molecule is CCCCCC[n+]1cc(C)[nH]c1OC. The number of aromatic amines is 1. The van der Waals surface area contributed by atoms with E-state index in [1.807, 2.05) is 6.92 Å². The number of aryl methyl sites for hydroxylation is 2. The highest BCUT2D eigenvalue weighted by Gasteiger charge is 2.12. The van der Waals surface area contributed by atoms with Crippen LogP contribution in [0.15, 0.2) is 6.20 Å². The molecule has 0 bridgehead atoms. The van der Waals surface area contributed by atoms with Gasteiger partial charge in [-0.3, -0.25) is 0 Å². The summed E-state index contributed by atoms with van der Waals surface area (Å²) in [5.41, 5.74) is 1.15. The zero-order valence-corrected chi connectivity index (χ0v) is 9.47. The lowest BCUT2D eigenvalue weighted by atomic mass is 10.2. The molecule has 0 fully saturated rings. The van der Waals surface area contributed by atoms with Crippen LogP contribution in [0.4, 0.5) is 0 Å². The van der Waals surface area contributed by atoms with Crippen LogP contribution >= 0.6 is 0 Å². The Morgan fingerprint density at radius 2 is 2.14 bits per heavy atom. The van der Waals surface area contributed by atoms with Gasteiger partial charge >= 0.3 is 6.01 Å². The Labute approximate surface area is 86.1 Å². The quantitative estimate of drug-likeness (QED) is 0.549. The van der Waals surface area contributed by atoms with Crippen molar-refractivity contribution in [3.63, 3.8) is 0 Å². The molecule has 0 unspecified atom stereocenters. The number of ether oxygens (including phenoxy) is 1. The Morgan fingerprint density at radius 3 is 2.79 bits per heavy atom. The molecule has 14 heavy (non-hydrogen) atoms. The third-order valence-corrected chi connectivity index (χ3v) is 2.36. The topological polar surface area (TPSA) is 28.9 Å². The maximum Gasteiger partial charge on any atom is 0.453 e. The summed E-state index contributed by atoms with van der Waals surface area (Å²) in [7, 11) is 1.70. The first-order valence-electron chi connectivity index (χ1n) is 5.41. The number of nitrogens with zero attached hydrogens (tertiary/aromatic N) is 1. The molecule has 1 N–H and O–H groups in total. The lowest BCUT2D eigenvalue weighted by Crippen LogP contribution is -2.33. The van der Waals surface area contributed by atoms with E-state index in [0.29, 0.717) is 0 Å². The van der Waals surface area contributed by atoms with Crippen molar-refractivity contribution in [2.24, 2.45) is 0 Å². The van der Waals surface area contributed by atoms with Crippen LogP contribution in [-0.4, -0.2) is 12.1 Å². The number of imidazole rings is 1. The molecule has 0 aromatic carbocycles. The van der Waals surface area contributed by atoms with E-state index in [-0.39, 0.29) is 0 Å². The fourth-order valence-electron chi connectivity index (χ4n) is 1.61. The number of unbranched alkanes of at least 4 members (excludes halogenated alkanes) is 3. The lowest BCUT2D eigenvalue weighted by molar-refractivity contribution is -0.700. The third-order valence-electron chi connectivity index (χ3n) is 2.36. The molecular formula is C11H21N2O+. The summed E-state index contributed by atoms with van der Waals surface area (Å²) in [6.07, 6.45) is 7.24. The number of nitrogens with one attached hydrogen (secondary N) is 1. The maximum absolute atomic E-state index is 5.23. The van der Waals surface area contributed by atoms with Gasteiger partial charge in [-0.1, -0.05) is 19.8 Å². The summed E-state index contributed by atoms with van der Waals surface area (Å²) in [5, 5.41) is 0. The minimum Gasteiger partial charge on any atom is -0.434 e. The highest BCUT2D eigenvalue weighted by Crippen LogP contribution is 2.03. The molecular weight excluding hydrogens is 176 g/mol. The summed E-state index contributed by atoms with van der Waals surface area (Å²) in [6, 6.07) is 0.860. The Hall–Kier alpha value is -0.990. The van der Waals surface area contributed by atoms with Crippen LogP contribution in [0, 0.1) is 6.92 Å². The van der Waals surface area contributed by atoms with Gasteiger partial charge in [0.05, 0.1) is 13.7 Å². The van der Waals surface area contributed by atoms with Gasteiger partial charge in [0.25, 0.3) is 0 Å². The Morgan fingerprint density at radius 1 is 1.36 bits per heavy atom. The van der Waals surface area contributed by atoms with Gasteiger partial charge in [-0.05, 0) is 12.8 Å². The highest BCUT2D eigenvalue weighted by molar-refractivity contribution is 4.93. The van der Waals surface area contributed by atoms with Crippen LogP contribution in [0.2, 0.25) is 0 Å². The number of hydrogen-bond acceptors (Lipinski definition) is 1. The van der Waals surface area contributed by atoms with Crippen molar-refractivity contribution in [1.82, 2.24) is 4.98 Å². The first kappa shape index (κ1) is 11.1. The summed E-state index contributed by atoms with van der Waals surface area (Å²) in [6.45, 7) is 5.33. The van der Waals surface area contributed by atoms with Crippen LogP contribution in [0.25, 0.3) is 0 Å². The molecule has 80 valence electrons. The summed E-state index contributed by atoms with van der Waals surface area (Å²) in [4.78, 5) is 3.18. The molecule has 1 rings (SSSR count). The lowest BCUT2D eigenvalue weighted by Gasteiger charge is -1.98. The van der Waals surface area contributed by atoms with Gasteiger partial charge in [0.15, 0.2) is 0 Å². The van der Waals surface area contributed by atoms with Crippen molar-refractivity contribution < 1.29 is 9.30 Å². The fourth-order valence-corrected chi connectivity index (χ4v) is 1.61. The molecule has 0 spiro atoms. The molecule has 3 nitrogen and oxygen atoms in total. The molecule has 3 heteroatoms. The van der Waals surface area contributed by atoms with E-state index in [4.69, 9.17) is 4.74 Å². The average molecular weight is 197 g/mol. The Balaban J connectivity index is 2.41.